The minimum atomic E-state index is 0.612. The molecule has 2 rings (SSSR count). The van der Waals surface area contributed by atoms with Crippen molar-refractivity contribution in [2.45, 2.75) is 26.3 Å². The first kappa shape index (κ1) is 11.0. The summed E-state index contributed by atoms with van der Waals surface area (Å²) in [5.41, 5.74) is 0. The van der Waals surface area contributed by atoms with Crippen LogP contribution in [0.2, 0.25) is 0 Å². The summed E-state index contributed by atoms with van der Waals surface area (Å²) in [7, 11) is 1.92. The highest BCUT2D eigenvalue weighted by molar-refractivity contribution is 7.71. The maximum atomic E-state index is 5.19. The molecule has 0 spiro atoms. The third-order valence-corrected chi connectivity index (χ3v) is 2.73. The Labute approximate surface area is 98.3 Å². The van der Waals surface area contributed by atoms with Crippen LogP contribution in [0, 0.1) is 4.77 Å². The van der Waals surface area contributed by atoms with E-state index in [1.54, 1.807) is 6.33 Å². The third-order valence-electron chi connectivity index (χ3n) is 2.42. The lowest BCUT2D eigenvalue weighted by Gasteiger charge is -2.04. The Morgan fingerprint density at radius 2 is 2.25 bits per heavy atom. The predicted molar refractivity (Wildman–Crippen MR) is 61.5 cm³/mol. The van der Waals surface area contributed by atoms with Crippen molar-refractivity contribution in [1.82, 2.24) is 29.5 Å². The van der Waals surface area contributed by atoms with Gasteiger partial charge in [-0.3, -0.25) is 9.67 Å². The van der Waals surface area contributed by atoms with Gasteiger partial charge in [0.1, 0.15) is 12.2 Å². The molecule has 0 aliphatic carbocycles. The number of aryl methyl sites for hydroxylation is 2. The van der Waals surface area contributed by atoms with Gasteiger partial charge in [-0.25, -0.2) is 0 Å². The number of nitrogens with one attached hydrogen (secondary N) is 1. The molecule has 0 amide bonds. The van der Waals surface area contributed by atoms with E-state index in [1.165, 1.54) is 0 Å². The molecule has 0 aromatic carbocycles. The fourth-order valence-electron chi connectivity index (χ4n) is 1.52. The Hall–Kier alpha value is -1.50. The molecule has 2 heterocycles. The lowest BCUT2D eigenvalue weighted by atomic mass is 10.3. The van der Waals surface area contributed by atoms with Crippen LogP contribution in [0.4, 0.5) is 0 Å². The Balaban J connectivity index is 2.30. The van der Waals surface area contributed by atoms with Crippen LogP contribution in [-0.2, 0) is 20.0 Å². The van der Waals surface area contributed by atoms with E-state index in [0.29, 0.717) is 11.3 Å². The molecule has 2 aromatic heterocycles. The van der Waals surface area contributed by atoms with Crippen LogP contribution < -0.4 is 0 Å². The lowest BCUT2D eigenvalue weighted by molar-refractivity contribution is 0.647. The monoisotopic (exact) mass is 238 g/mol. The second-order valence-corrected chi connectivity index (χ2v) is 4.03. The molecule has 6 nitrogen and oxygen atoms in total. The number of hydrogen-bond donors (Lipinski definition) is 1. The van der Waals surface area contributed by atoms with Gasteiger partial charge in [-0.05, 0) is 18.6 Å². The van der Waals surface area contributed by atoms with Crippen molar-refractivity contribution in [3.8, 4) is 0 Å². The fourth-order valence-corrected chi connectivity index (χ4v) is 1.74. The van der Waals surface area contributed by atoms with Gasteiger partial charge in [0.2, 0.25) is 0 Å². The van der Waals surface area contributed by atoms with Crippen LogP contribution in [0.3, 0.4) is 0 Å². The summed E-state index contributed by atoms with van der Waals surface area (Å²) in [5.74, 6) is 1.84. The van der Waals surface area contributed by atoms with Gasteiger partial charge in [-0.2, -0.15) is 5.10 Å². The highest BCUT2D eigenvalue weighted by Gasteiger charge is 2.08. The summed E-state index contributed by atoms with van der Waals surface area (Å²) in [6.07, 6.45) is 3.63. The first-order valence-electron chi connectivity index (χ1n) is 5.19. The van der Waals surface area contributed by atoms with Gasteiger partial charge in [-0.1, -0.05) is 6.92 Å². The summed E-state index contributed by atoms with van der Waals surface area (Å²) in [6, 6.07) is 0. The Morgan fingerprint density at radius 1 is 1.44 bits per heavy atom. The summed E-state index contributed by atoms with van der Waals surface area (Å²) in [5, 5.41) is 14.9. The Bertz CT molecular complexity index is 522. The van der Waals surface area contributed by atoms with E-state index in [-0.39, 0.29) is 0 Å². The minimum absolute atomic E-state index is 0.612. The molecule has 0 saturated heterocycles. The number of hydrogen-bond acceptors (Lipinski definition) is 4. The van der Waals surface area contributed by atoms with E-state index < -0.39 is 0 Å². The number of nitrogens with zero attached hydrogens (tertiary/aromatic N) is 5. The second-order valence-electron chi connectivity index (χ2n) is 3.64. The molecule has 0 aliphatic rings. The van der Waals surface area contributed by atoms with E-state index in [2.05, 4.69) is 27.3 Å². The van der Waals surface area contributed by atoms with Gasteiger partial charge in [-0.15, -0.1) is 10.2 Å². The molecule has 0 fully saturated rings. The second kappa shape index (κ2) is 4.56. The van der Waals surface area contributed by atoms with Gasteiger partial charge in [0, 0.05) is 13.5 Å². The molecule has 0 saturated carbocycles. The summed E-state index contributed by atoms with van der Waals surface area (Å²) >= 11 is 5.19. The molecular weight excluding hydrogens is 224 g/mol. The molecule has 0 bridgehead atoms. The minimum Gasteiger partial charge on any atom is -0.319 e. The Morgan fingerprint density at radius 3 is 2.88 bits per heavy atom. The molecule has 7 heteroatoms. The number of aromatic nitrogens is 6. The van der Waals surface area contributed by atoms with Crippen molar-refractivity contribution in [2.75, 3.05) is 0 Å². The third kappa shape index (κ3) is 2.04. The van der Waals surface area contributed by atoms with E-state index in [0.717, 1.165) is 24.5 Å². The maximum absolute atomic E-state index is 5.19. The summed E-state index contributed by atoms with van der Waals surface area (Å²) in [4.78, 5) is 0. The van der Waals surface area contributed by atoms with Crippen LogP contribution >= 0.6 is 12.2 Å². The number of aromatic amines is 1. The van der Waals surface area contributed by atoms with Crippen LogP contribution in [0.15, 0.2) is 6.33 Å². The highest BCUT2D eigenvalue weighted by Crippen LogP contribution is 2.04. The molecule has 0 radical (unpaired) electrons. The van der Waals surface area contributed by atoms with Crippen molar-refractivity contribution in [1.29, 1.82) is 0 Å². The zero-order valence-electron chi connectivity index (χ0n) is 9.34. The number of rotatable bonds is 4. The van der Waals surface area contributed by atoms with Crippen molar-refractivity contribution < 1.29 is 0 Å². The van der Waals surface area contributed by atoms with Crippen molar-refractivity contribution in [3.05, 3.63) is 22.7 Å². The molecular formula is C9H14N6S. The average molecular weight is 238 g/mol. The Kier molecular flexibility index (Phi) is 3.14. The molecule has 86 valence electrons. The van der Waals surface area contributed by atoms with Gasteiger partial charge >= 0.3 is 0 Å². The number of H-pyrrole nitrogens is 1. The van der Waals surface area contributed by atoms with Gasteiger partial charge < -0.3 is 4.57 Å². The first-order valence-corrected chi connectivity index (χ1v) is 5.60. The van der Waals surface area contributed by atoms with Crippen LogP contribution in [0.1, 0.15) is 25.0 Å². The molecule has 2 aromatic rings. The standard InChI is InChI=1S/C9H14N6S/c1-3-4-7-12-13-9(16)15(7)5-8-11-10-6-14(8)2/h6H,3-5H2,1-2H3,(H,13,16). The molecule has 0 atom stereocenters. The van der Waals surface area contributed by atoms with Gasteiger partial charge in [0.05, 0.1) is 6.54 Å². The van der Waals surface area contributed by atoms with E-state index in [9.17, 15) is 0 Å². The average Bonchev–Trinajstić information content (AvgIpc) is 2.80. The van der Waals surface area contributed by atoms with Crippen molar-refractivity contribution in [2.24, 2.45) is 7.05 Å². The molecule has 0 aliphatic heterocycles. The van der Waals surface area contributed by atoms with E-state index >= 15 is 0 Å². The molecule has 1 N–H and O–H groups in total. The van der Waals surface area contributed by atoms with Gasteiger partial charge in [0.15, 0.2) is 10.6 Å². The topological polar surface area (TPSA) is 64.3 Å². The summed E-state index contributed by atoms with van der Waals surface area (Å²) < 4.78 is 4.47. The highest BCUT2D eigenvalue weighted by atomic mass is 32.1. The predicted octanol–water partition coefficient (Wildman–Crippen LogP) is 1.07. The first-order chi connectivity index (χ1) is 7.72. The van der Waals surface area contributed by atoms with E-state index in [4.69, 9.17) is 12.2 Å². The normalized spacial score (nSPS) is 10.9. The quantitative estimate of drug-likeness (QED) is 0.809. The molecule has 16 heavy (non-hydrogen) atoms. The smallest absolute Gasteiger partial charge is 0.195 e. The van der Waals surface area contributed by atoms with Crippen LogP contribution in [0.5, 0.6) is 0 Å². The van der Waals surface area contributed by atoms with Crippen molar-refractivity contribution in [3.63, 3.8) is 0 Å². The van der Waals surface area contributed by atoms with E-state index in [1.807, 2.05) is 16.2 Å². The SMILES string of the molecule is CCCc1n[nH]c(=S)n1Cc1nncn1C. The molecule has 0 unspecified atom stereocenters. The van der Waals surface area contributed by atoms with Gasteiger partial charge in [0.25, 0.3) is 0 Å². The zero-order chi connectivity index (χ0) is 11.5. The van der Waals surface area contributed by atoms with Crippen LogP contribution in [-0.4, -0.2) is 29.5 Å². The van der Waals surface area contributed by atoms with Crippen molar-refractivity contribution >= 4 is 12.2 Å². The lowest BCUT2D eigenvalue weighted by Crippen LogP contribution is -2.09. The largest absolute Gasteiger partial charge is 0.319 e. The summed E-state index contributed by atoms with van der Waals surface area (Å²) in [6.45, 7) is 2.73. The zero-order valence-corrected chi connectivity index (χ0v) is 10.2. The van der Waals surface area contributed by atoms with Crippen LogP contribution in [0.25, 0.3) is 0 Å². The maximum Gasteiger partial charge on any atom is 0.195 e. The fraction of sp³-hybridized carbons (Fsp3) is 0.556.